The predicted octanol–water partition coefficient (Wildman–Crippen LogP) is 7.60. The summed E-state index contributed by atoms with van der Waals surface area (Å²) in [6, 6.07) is 14.7. The van der Waals surface area contributed by atoms with Gasteiger partial charge in [0, 0.05) is 13.2 Å². The van der Waals surface area contributed by atoms with E-state index in [1.165, 1.54) is 19.1 Å². The van der Waals surface area contributed by atoms with Crippen molar-refractivity contribution >= 4 is 23.7 Å². The number of carbonyl (C=O) groups excluding carboxylic acids is 2. The first-order valence-corrected chi connectivity index (χ1v) is 18.2. The standard InChI is InChI=1S/C41H56O8/c1-4-26-46-34-20-10-32(11-21-34)28-48-36-16-6-30(7-17-36)14-24-38(42)41(3,40(44)45)39(43)25-15-31-8-18-37(19-9-31)49-29-33-12-22-35(23-13-33)47-27-5-2/h6-9,14-19,24-25,32-35,40,44-45H,4-5,10-13,20-23,26-29H2,1-3H3/b24-14+,25-15+. The molecule has 2 fully saturated rings. The molecule has 2 saturated carbocycles. The lowest BCUT2D eigenvalue weighted by Gasteiger charge is -2.28. The van der Waals surface area contributed by atoms with E-state index >= 15 is 0 Å². The number of hydrogen-bond donors (Lipinski definition) is 2. The number of allylic oxidation sites excluding steroid dienone is 2. The Kier molecular flexibility index (Phi) is 15.5. The van der Waals surface area contributed by atoms with Crippen molar-refractivity contribution in [2.75, 3.05) is 26.4 Å². The molecule has 2 N–H and O–H groups in total. The average molecular weight is 677 g/mol. The Bertz CT molecular complexity index is 1230. The highest BCUT2D eigenvalue weighted by atomic mass is 16.5. The summed E-state index contributed by atoms with van der Waals surface area (Å²) >= 11 is 0. The van der Waals surface area contributed by atoms with Crippen molar-refractivity contribution in [2.24, 2.45) is 17.3 Å². The molecular weight excluding hydrogens is 620 g/mol. The molecule has 0 aromatic heterocycles. The summed E-state index contributed by atoms with van der Waals surface area (Å²) in [5, 5.41) is 20.2. The molecule has 0 aliphatic heterocycles. The summed E-state index contributed by atoms with van der Waals surface area (Å²) in [5.41, 5.74) is -0.605. The van der Waals surface area contributed by atoms with Crippen LogP contribution in [0.2, 0.25) is 0 Å². The first-order chi connectivity index (χ1) is 23.7. The molecule has 0 radical (unpaired) electrons. The van der Waals surface area contributed by atoms with Gasteiger partial charge in [0.2, 0.25) is 0 Å². The summed E-state index contributed by atoms with van der Waals surface area (Å²) in [6.45, 7) is 8.48. The van der Waals surface area contributed by atoms with Crippen LogP contribution in [0.4, 0.5) is 0 Å². The van der Waals surface area contributed by atoms with Crippen LogP contribution in [-0.4, -0.2) is 66.7 Å². The van der Waals surface area contributed by atoms with E-state index < -0.39 is 23.3 Å². The van der Waals surface area contributed by atoms with Crippen LogP contribution in [0.25, 0.3) is 12.2 Å². The fourth-order valence-corrected chi connectivity index (χ4v) is 6.34. The van der Waals surface area contributed by atoms with E-state index in [0.717, 1.165) is 100 Å². The van der Waals surface area contributed by atoms with Crippen LogP contribution in [0.5, 0.6) is 11.5 Å². The lowest BCUT2D eigenvalue weighted by atomic mass is 9.79. The minimum absolute atomic E-state index is 0.374. The lowest BCUT2D eigenvalue weighted by molar-refractivity contribution is -0.163. The van der Waals surface area contributed by atoms with E-state index in [4.69, 9.17) is 18.9 Å². The minimum Gasteiger partial charge on any atom is -0.493 e. The Morgan fingerprint density at radius 2 is 1.04 bits per heavy atom. The van der Waals surface area contributed by atoms with E-state index in [1.807, 2.05) is 48.5 Å². The van der Waals surface area contributed by atoms with Crippen molar-refractivity contribution in [3.63, 3.8) is 0 Å². The molecule has 2 aromatic rings. The van der Waals surface area contributed by atoms with Crippen molar-refractivity contribution in [2.45, 2.75) is 103 Å². The average Bonchev–Trinajstić information content (AvgIpc) is 3.13. The van der Waals surface area contributed by atoms with Crippen molar-refractivity contribution < 1.29 is 38.7 Å². The zero-order valence-corrected chi connectivity index (χ0v) is 29.6. The molecule has 4 rings (SSSR count). The third-order valence-corrected chi connectivity index (χ3v) is 9.83. The number of ether oxygens (including phenoxy) is 4. The summed E-state index contributed by atoms with van der Waals surface area (Å²) in [6.07, 6.45) is 14.9. The summed E-state index contributed by atoms with van der Waals surface area (Å²) in [7, 11) is 0. The molecule has 8 heteroatoms. The highest BCUT2D eigenvalue weighted by Gasteiger charge is 2.44. The molecule has 0 saturated heterocycles. The quantitative estimate of drug-likeness (QED) is 0.0890. The van der Waals surface area contributed by atoms with Gasteiger partial charge in [0.1, 0.15) is 16.9 Å². The number of rotatable bonds is 19. The van der Waals surface area contributed by atoms with Crippen LogP contribution in [0.1, 0.15) is 96.1 Å². The highest BCUT2D eigenvalue weighted by Crippen LogP contribution is 2.30. The van der Waals surface area contributed by atoms with Crippen molar-refractivity contribution in [3.8, 4) is 11.5 Å². The summed E-state index contributed by atoms with van der Waals surface area (Å²) in [5.74, 6) is 1.11. The van der Waals surface area contributed by atoms with Crippen LogP contribution in [-0.2, 0) is 19.1 Å². The van der Waals surface area contributed by atoms with Crippen LogP contribution >= 0.6 is 0 Å². The molecule has 49 heavy (non-hydrogen) atoms. The Morgan fingerprint density at radius 3 is 1.37 bits per heavy atom. The second-order valence-electron chi connectivity index (χ2n) is 13.8. The first-order valence-electron chi connectivity index (χ1n) is 18.2. The Morgan fingerprint density at radius 1 is 0.673 bits per heavy atom. The van der Waals surface area contributed by atoms with E-state index in [-0.39, 0.29) is 0 Å². The summed E-state index contributed by atoms with van der Waals surface area (Å²) in [4.78, 5) is 26.3. The molecule has 0 atom stereocenters. The topological polar surface area (TPSA) is 112 Å². The zero-order chi connectivity index (χ0) is 35.1. The minimum atomic E-state index is -2.17. The second-order valence-corrected chi connectivity index (χ2v) is 13.8. The van der Waals surface area contributed by atoms with Gasteiger partial charge in [-0.3, -0.25) is 9.59 Å². The number of benzene rings is 2. The highest BCUT2D eigenvalue weighted by molar-refractivity contribution is 6.17. The molecule has 2 aromatic carbocycles. The molecule has 0 heterocycles. The zero-order valence-electron chi connectivity index (χ0n) is 29.6. The van der Waals surface area contributed by atoms with E-state index in [0.29, 0.717) is 37.3 Å². The number of hydrogen-bond acceptors (Lipinski definition) is 8. The predicted molar refractivity (Wildman–Crippen MR) is 192 cm³/mol. The molecule has 268 valence electrons. The molecule has 0 unspecified atom stereocenters. The fourth-order valence-electron chi connectivity index (χ4n) is 6.34. The number of aliphatic hydroxyl groups excluding tert-OH is 1. The van der Waals surface area contributed by atoms with Crippen LogP contribution < -0.4 is 9.47 Å². The van der Waals surface area contributed by atoms with Gasteiger partial charge < -0.3 is 29.2 Å². The smallest absolute Gasteiger partial charge is 0.174 e. The lowest BCUT2D eigenvalue weighted by Crippen LogP contribution is -2.45. The SMILES string of the molecule is CCCOC1CCC(COc2ccc(/C=C/C(=O)C(C)(C(=O)/C=C/c3ccc(OCC4CCC(OCCC)CC4)cc3)C(O)O)cc2)CC1. The van der Waals surface area contributed by atoms with E-state index in [9.17, 15) is 19.8 Å². The fraction of sp³-hybridized carbons (Fsp3) is 0.561. The van der Waals surface area contributed by atoms with Gasteiger partial charge in [-0.25, -0.2) is 0 Å². The maximum atomic E-state index is 13.2. The van der Waals surface area contributed by atoms with Crippen molar-refractivity contribution in [3.05, 3.63) is 71.8 Å². The third kappa shape index (κ3) is 11.9. The van der Waals surface area contributed by atoms with Gasteiger partial charge in [0.05, 0.1) is 25.4 Å². The van der Waals surface area contributed by atoms with E-state index in [1.54, 1.807) is 12.2 Å². The maximum absolute atomic E-state index is 13.2. The Labute approximate surface area is 292 Å². The molecule has 2 aliphatic carbocycles. The normalized spacial score (nSPS) is 22.7. The van der Waals surface area contributed by atoms with Gasteiger partial charge in [0.15, 0.2) is 17.9 Å². The van der Waals surface area contributed by atoms with E-state index in [2.05, 4.69) is 13.8 Å². The van der Waals surface area contributed by atoms with Crippen LogP contribution in [0.15, 0.2) is 60.7 Å². The molecule has 0 amide bonds. The number of carbonyl (C=O) groups is 2. The second kappa shape index (κ2) is 19.8. The van der Waals surface area contributed by atoms with Gasteiger partial charge >= 0.3 is 0 Å². The molecule has 0 spiro atoms. The van der Waals surface area contributed by atoms with Crippen LogP contribution in [0, 0.1) is 17.3 Å². The molecular formula is C41H56O8. The van der Waals surface area contributed by atoms with Gasteiger partial charge in [-0.2, -0.15) is 0 Å². The largest absolute Gasteiger partial charge is 0.493 e. The van der Waals surface area contributed by atoms with Crippen molar-refractivity contribution in [1.29, 1.82) is 0 Å². The van der Waals surface area contributed by atoms with Gasteiger partial charge in [-0.15, -0.1) is 0 Å². The van der Waals surface area contributed by atoms with Crippen molar-refractivity contribution in [1.82, 2.24) is 0 Å². The number of aliphatic hydroxyl groups is 2. The maximum Gasteiger partial charge on any atom is 0.174 e. The first kappa shape index (κ1) is 38.5. The van der Waals surface area contributed by atoms with Crippen LogP contribution in [0.3, 0.4) is 0 Å². The van der Waals surface area contributed by atoms with Gasteiger partial charge in [-0.05, 0) is 131 Å². The Hall–Kier alpha value is -3.30. The third-order valence-electron chi connectivity index (χ3n) is 9.83. The molecule has 8 nitrogen and oxygen atoms in total. The molecule has 2 aliphatic rings. The monoisotopic (exact) mass is 676 g/mol. The molecule has 0 bridgehead atoms. The van der Waals surface area contributed by atoms with Gasteiger partial charge in [-0.1, -0.05) is 50.3 Å². The Balaban J connectivity index is 1.23. The van der Waals surface area contributed by atoms with Gasteiger partial charge in [0.25, 0.3) is 0 Å². The number of ketones is 2. The summed E-state index contributed by atoms with van der Waals surface area (Å²) < 4.78 is 23.8.